The van der Waals surface area contributed by atoms with E-state index in [0.717, 1.165) is 0 Å². The lowest BCUT2D eigenvalue weighted by Gasteiger charge is -2.12. The van der Waals surface area contributed by atoms with Gasteiger partial charge in [0.1, 0.15) is 0 Å². The Morgan fingerprint density at radius 1 is 1.31 bits per heavy atom. The van der Waals surface area contributed by atoms with Gasteiger partial charge in [0.2, 0.25) is 11.8 Å². The van der Waals surface area contributed by atoms with E-state index in [-0.39, 0.29) is 24.4 Å². The Balaban J connectivity index is 3.62. The van der Waals surface area contributed by atoms with Crippen LogP contribution < -0.4 is 16.0 Å². The number of hydrogen-bond acceptors (Lipinski definition) is 4. The maximum atomic E-state index is 11.3. The minimum atomic E-state index is -0.367. The molecular weight excluding hydrogens is 210 g/mol. The van der Waals surface area contributed by atoms with Crippen LogP contribution in [0.15, 0.2) is 0 Å². The van der Waals surface area contributed by atoms with Gasteiger partial charge in [-0.15, -0.1) is 0 Å². The Morgan fingerprint density at radius 2 is 2.00 bits per heavy atom. The highest BCUT2D eigenvalue weighted by Crippen LogP contribution is 1.80. The first kappa shape index (κ1) is 14.9. The molecule has 16 heavy (non-hydrogen) atoms. The van der Waals surface area contributed by atoms with Crippen molar-refractivity contribution < 1.29 is 14.3 Å². The van der Waals surface area contributed by atoms with Crippen molar-refractivity contribution in [2.45, 2.75) is 19.9 Å². The van der Waals surface area contributed by atoms with Crippen molar-refractivity contribution in [2.24, 2.45) is 0 Å². The second-order valence-electron chi connectivity index (χ2n) is 3.34. The van der Waals surface area contributed by atoms with E-state index >= 15 is 0 Å². The van der Waals surface area contributed by atoms with Gasteiger partial charge in [0, 0.05) is 20.2 Å². The Kier molecular flexibility index (Phi) is 8.46. The highest BCUT2D eigenvalue weighted by Gasteiger charge is 2.11. The van der Waals surface area contributed by atoms with Gasteiger partial charge in [0.15, 0.2) is 0 Å². The number of ether oxygens (including phenoxy) is 1. The first-order chi connectivity index (χ1) is 7.61. The molecule has 6 nitrogen and oxygen atoms in total. The lowest BCUT2D eigenvalue weighted by molar-refractivity contribution is -0.123. The minimum Gasteiger partial charge on any atom is -0.383 e. The third-order valence-corrected chi connectivity index (χ3v) is 1.94. The van der Waals surface area contributed by atoms with Gasteiger partial charge in [0.25, 0.3) is 0 Å². The van der Waals surface area contributed by atoms with E-state index in [0.29, 0.717) is 19.7 Å². The highest BCUT2D eigenvalue weighted by molar-refractivity contribution is 5.83. The van der Waals surface area contributed by atoms with Gasteiger partial charge in [-0.25, -0.2) is 0 Å². The average Bonchev–Trinajstić information content (AvgIpc) is 2.26. The summed E-state index contributed by atoms with van der Waals surface area (Å²) >= 11 is 0. The molecule has 2 amide bonds. The fourth-order valence-corrected chi connectivity index (χ4v) is 1.02. The molecule has 0 saturated carbocycles. The lowest BCUT2D eigenvalue weighted by atomic mass is 10.3. The summed E-state index contributed by atoms with van der Waals surface area (Å²) in [6.45, 7) is 5.24. The largest absolute Gasteiger partial charge is 0.383 e. The van der Waals surface area contributed by atoms with Crippen molar-refractivity contribution in [3.05, 3.63) is 0 Å². The summed E-state index contributed by atoms with van der Waals surface area (Å²) in [5.74, 6) is -0.250. The van der Waals surface area contributed by atoms with Gasteiger partial charge in [0.05, 0.1) is 19.2 Å². The maximum absolute atomic E-state index is 11.3. The van der Waals surface area contributed by atoms with Crippen molar-refractivity contribution in [3.63, 3.8) is 0 Å². The molecule has 3 N–H and O–H groups in total. The number of carbonyl (C=O) groups excluding carboxylic acids is 2. The van der Waals surface area contributed by atoms with Gasteiger partial charge in [-0.1, -0.05) is 0 Å². The topological polar surface area (TPSA) is 79.5 Å². The van der Waals surface area contributed by atoms with E-state index in [9.17, 15) is 9.59 Å². The zero-order chi connectivity index (χ0) is 12.4. The SMILES string of the molecule is CCNC(=O)C(C)NCC(=O)NCCOC. The minimum absolute atomic E-state index is 0.104. The van der Waals surface area contributed by atoms with Crippen LogP contribution in [0.5, 0.6) is 0 Å². The Hall–Kier alpha value is -1.14. The van der Waals surface area contributed by atoms with Gasteiger partial charge in [-0.2, -0.15) is 0 Å². The molecule has 0 aliphatic heterocycles. The standard InChI is InChI=1S/C10H21N3O3/c1-4-11-10(15)8(2)13-7-9(14)12-5-6-16-3/h8,13H,4-7H2,1-3H3,(H,11,15)(H,12,14). The van der Waals surface area contributed by atoms with Crippen LogP contribution in [-0.2, 0) is 14.3 Å². The molecule has 0 bridgehead atoms. The normalized spacial score (nSPS) is 11.9. The van der Waals surface area contributed by atoms with Crippen LogP contribution in [0.1, 0.15) is 13.8 Å². The van der Waals surface area contributed by atoms with Crippen LogP contribution >= 0.6 is 0 Å². The third-order valence-electron chi connectivity index (χ3n) is 1.94. The fourth-order valence-electron chi connectivity index (χ4n) is 1.02. The van der Waals surface area contributed by atoms with Crippen LogP contribution in [0, 0.1) is 0 Å². The van der Waals surface area contributed by atoms with Crippen molar-refractivity contribution in [2.75, 3.05) is 33.4 Å². The molecular formula is C10H21N3O3. The molecule has 0 spiro atoms. The van der Waals surface area contributed by atoms with Crippen LogP contribution in [0.4, 0.5) is 0 Å². The Labute approximate surface area is 96.1 Å². The molecule has 0 fully saturated rings. The van der Waals surface area contributed by atoms with Crippen molar-refractivity contribution >= 4 is 11.8 Å². The van der Waals surface area contributed by atoms with Gasteiger partial charge >= 0.3 is 0 Å². The van der Waals surface area contributed by atoms with Crippen molar-refractivity contribution in [3.8, 4) is 0 Å². The zero-order valence-corrected chi connectivity index (χ0v) is 10.1. The van der Waals surface area contributed by atoms with Crippen LogP contribution in [0.3, 0.4) is 0 Å². The fraction of sp³-hybridized carbons (Fsp3) is 0.800. The summed E-state index contributed by atoms with van der Waals surface area (Å²) in [4.78, 5) is 22.5. The molecule has 1 unspecified atom stereocenters. The van der Waals surface area contributed by atoms with E-state index in [4.69, 9.17) is 4.74 Å². The molecule has 94 valence electrons. The van der Waals surface area contributed by atoms with Crippen molar-refractivity contribution in [1.82, 2.24) is 16.0 Å². The molecule has 0 aliphatic rings. The zero-order valence-electron chi connectivity index (χ0n) is 10.1. The van der Waals surface area contributed by atoms with E-state index < -0.39 is 0 Å². The predicted octanol–water partition coefficient (Wildman–Crippen LogP) is -1.14. The first-order valence-electron chi connectivity index (χ1n) is 5.38. The van der Waals surface area contributed by atoms with Crippen LogP contribution in [-0.4, -0.2) is 51.2 Å². The van der Waals surface area contributed by atoms with E-state index in [2.05, 4.69) is 16.0 Å². The molecule has 6 heteroatoms. The summed E-state index contributed by atoms with van der Waals surface area (Å²) in [6, 6.07) is -0.367. The monoisotopic (exact) mass is 231 g/mol. The molecule has 0 saturated heterocycles. The number of nitrogens with one attached hydrogen (secondary N) is 3. The first-order valence-corrected chi connectivity index (χ1v) is 5.38. The van der Waals surface area contributed by atoms with Crippen LogP contribution in [0.2, 0.25) is 0 Å². The number of likely N-dealkylation sites (N-methyl/N-ethyl adjacent to an activating group) is 1. The quantitative estimate of drug-likeness (QED) is 0.462. The summed E-state index contributed by atoms with van der Waals surface area (Å²) in [6.07, 6.45) is 0. The van der Waals surface area contributed by atoms with E-state index in [1.165, 1.54) is 0 Å². The number of hydrogen-bond donors (Lipinski definition) is 3. The maximum Gasteiger partial charge on any atom is 0.236 e. The molecule has 0 rings (SSSR count). The summed E-state index contributed by atoms with van der Waals surface area (Å²) in [5, 5.41) is 8.15. The second-order valence-corrected chi connectivity index (χ2v) is 3.34. The Bertz CT molecular complexity index is 221. The third kappa shape index (κ3) is 7.19. The van der Waals surface area contributed by atoms with Gasteiger partial charge in [-0.05, 0) is 13.8 Å². The van der Waals surface area contributed by atoms with E-state index in [1.54, 1.807) is 14.0 Å². The number of rotatable bonds is 8. The summed E-state index contributed by atoms with van der Waals surface area (Å²) in [5.41, 5.74) is 0. The molecule has 0 aliphatic carbocycles. The smallest absolute Gasteiger partial charge is 0.236 e. The van der Waals surface area contributed by atoms with Crippen molar-refractivity contribution in [1.29, 1.82) is 0 Å². The molecule has 0 heterocycles. The molecule has 0 radical (unpaired) electrons. The molecule has 0 aromatic rings. The number of methoxy groups -OCH3 is 1. The van der Waals surface area contributed by atoms with Gasteiger partial charge in [-0.3, -0.25) is 14.9 Å². The molecule has 0 aromatic heterocycles. The van der Waals surface area contributed by atoms with Gasteiger partial charge < -0.3 is 15.4 Å². The predicted molar refractivity (Wildman–Crippen MR) is 61.0 cm³/mol. The van der Waals surface area contributed by atoms with Crippen LogP contribution in [0.25, 0.3) is 0 Å². The summed E-state index contributed by atoms with van der Waals surface area (Å²) < 4.78 is 4.79. The highest BCUT2D eigenvalue weighted by atomic mass is 16.5. The molecule has 0 aromatic carbocycles. The second kappa shape index (κ2) is 9.11. The average molecular weight is 231 g/mol. The number of carbonyl (C=O) groups is 2. The molecule has 1 atom stereocenters. The lowest BCUT2D eigenvalue weighted by Crippen LogP contribution is -2.46. The Morgan fingerprint density at radius 3 is 2.56 bits per heavy atom. The van der Waals surface area contributed by atoms with E-state index in [1.807, 2.05) is 6.92 Å². The number of amides is 2. The summed E-state index contributed by atoms with van der Waals surface area (Å²) in [7, 11) is 1.57.